The van der Waals surface area contributed by atoms with E-state index >= 15 is 0 Å². The summed E-state index contributed by atoms with van der Waals surface area (Å²) in [4.78, 5) is 26.3. The van der Waals surface area contributed by atoms with Gasteiger partial charge in [0, 0.05) is 23.0 Å². The first-order chi connectivity index (χ1) is 16.8. The zero-order valence-electron chi connectivity index (χ0n) is 25.0. The molecule has 0 radical (unpaired) electrons. The molecular weight excluding hydrogens is 388 g/mol. The summed E-state index contributed by atoms with van der Waals surface area (Å²) in [6.45, 7) is 3.85. The van der Waals surface area contributed by atoms with Crippen LogP contribution in [0, 0.1) is 13.8 Å². The van der Waals surface area contributed by atoms with E-state index in [1.165, 1.54) is 32.0 Å². The molecule has 2 aromatic rings. The predicted octanol–water partition coefficient (Wildman–Crippen LogP) is 6.08. The Morgan fingerprint density at radius 1 is 1.28 bits per heavy atom. The van der Waals surface area contributed by atoms with Gasteiger partial charge in [0.1, 0.15) is 5.75 Å². The van der Waals surface area contributed by atoms with E-state index in [1.807, 2.05) is 0 Å². The van der Waals surface area contributed by atoms with Crippen molar-refractivity contribution in [2.45, 2.75) is 66.0 Å². The second kappa shape index (κ2) is 9.45. The van der Waals surface area contributed by atoms with Crippen LogP contribution < -0.4 is 4.74 Å². The van der Waals surface area contributed by atoms with Crippen LogP contribution in [0.5, 0.6) is 5.75 Å². The molecule has 2 aromatic carbocycles. The molecule has 2 atom stereocenters. The Bertz CT molecular complexity index is 1180. The molecule has 0 aliphatic heterocycles. The molecule has 0 N–H and O–H groups in total. The standard InChI is InChI=1S/C24H29ClO4/c1-7-17(5)28-23(27)24(6,8-2)29-19-10-11-20(15(3)14-19)22(26)18-9-12-21(25)16(4)13-18/h9-14,17H,7-8H2,1-6H3/i6D3,8D2,9D,12D,13D. The highest BCUT2D eigenvalue weighted by molar-refractivity contribution is 6.31. The van der Waals surface area contributed by atoms with Crippen molar-refractivity contribution >= 4 is 23.4 Å². The Hall–Kier alpha value is -2.33. The number of esters is 1. The van der Waals surface area contributed by atoms with Crippen LogP contribution >= 0.6 is 11.6 Å². The van der Waals surface area contributed by atoms with Crippen LogP contribution in [0.25, 0.3) is 0 Å². The third-order valence-corrected chi connectivity index (χ3v) is 4.78. The number of hydrogen-bond acceptors (Lipinski definition) is 4. The number of ketones is 1. The molecule has 0 saturated heterocycles. The molecular formula is C24H29ClO4. The third kappa shape index (κ3) is 5.39. The van der Waals surface area contributed by atoms with Gasteiger partial charge in [-0.2, -0.15) is 0 Å². The highest BCUT2D eigenvalue weighted by Gasteiger charge is 2.36. The number of carbonyl (C=O) groups excluding carboxylic acids is 2. The fourth-order valence-electron chi connectivity index (χ4n) is 2.41. The largest absolute Gasteiger partial charge is 0.476 e. The molecule has 2 rings (SSSR count). The Morgan fingerprint density at radius 3 is 2.59 bits per heavy atom. The lowest BCUT2D eigenvalue weighted by Crippen LogP contribution is -2.43. The number of carbonyl (C=O) groups is 2. The molecule has 0 spiro atoms. The van der Waals surface area contributed by atoms with E-state index in [9.17, 15) is 9.59 Å². The maximum atomic E-state index is 13.3. The average Bonchev–Trinajstić information content (AvgIpc) is 2.78. The highest BCUT2D eigenvalue weighted by atomic mass is 35.5. The monoisotopic (exact) mass is 424 g/mol. The van der Waals surface area contributed by atoms with Gasteiger partial charge < -0.3 is 9.47 Å². The SMILES string of the molecule is [2H]c1c([2H])c(C(=O)c2ccc(OC(C(=O)OC(C)CC)(C([2H])([2H])[2H])C([2H])([2H])C)cc2C)c([2H])c(C)c1Cl. The Morgan fingerprint density at radius 2 is 2.00 bits per heavy atom. The number of ether oxygens (including phenoxy) is 2. The van der Waals surface area contributed by atoms with E-state index in [1.54, 1.807) is 13.8 Å². The summed E-state index contributed by atoms with van der Waals surface area (Å²) < 4.78 is 75.6. The summed E-state index contributed by atoms with van der Waals surface area (Å²) in [6, 6.07) is 2.54. The average molecular weight is 425 g/mol. The van der Waals surface area contributed by atoms with Crippen molar-refractivity contribution in [1.29, 1.82) is 0 Å². The summed E-state index contributed by atoms with van der Waals surface area (Å²) in [5, 5.41) is -0.0915. The number of hydrogen-bond donors (Lipinski definition) is 0. The fourth-order valence-corrected chi connectivity index (χ4v) is 2.50. The first-order valence-electron chi connectivity index (χ1n) is 13.1. The predicted molar refractivity (Wildman–Crippen MR) is 116 cm³/mol. The molecule has 0 bridgehead atoms. The second-order valence-electron chi connectivity index (χ2n) is 6.65. The molecule has 0 aliphatic carbocycles. The molecule has 29 heavy (non-hydrogen) atoms. The van der Waals surface area contributed by atoms with Crippen LogP contribution in [-0.4, -0.2) is 23.5 Å². The lowest BCUT2D eigenvalue weighted by atomic mass is 9.97. The van der Waals surface area contributed by atoms with Gasteiger partial charge >= 0.3 is 5.97 Å². The number of rotatable bonds is 8. The van der Waals surface area contributed by atoms with Crippen molar-refractivity contribution in [2.24, 2.45) is 0 Å². The third-order valence-electron chi connectivity index (χ3n) is 4.40. The summed E-state index contributed by atoms with van der Waals surface area (Å²) in [5.41, 5.74) is -2.88. The fraction of sp³-hybridized carbons (Fsp3) is 0.417. The summed E-state index contributed by atoms with van der Waals surface area (Å²) in [6.07, 6.45) is -3.03. The van der Waals surface area contributed by atoms with Gasteiger partial charge in [-0.05, 0) is 87.9 Å². The van der Waals surface area contributed by atoms with Gasteiger partial charge in [0.25, 0.3) is 0 Å². The van der Waals surface area contributed by atoms with Gasteiger partial charge in [-0.25, -0.2) is 4.79 Å². The van der Waals surface area contributed by atoms with Gasteiger partial charge in [0.15, 0.2) is 5.78 Å². The normalized spacial score (nSPS) is 19.0. The van der Waals surface area contributed by atoms with Crippen molar-refractivity contribution < 1.29 is 30.0 Å². The zero-order chi connectivity index (χ0) is 28.7. The molecule has 0 aliphatic rings. The van der Waals surface area contributed by atoms with Gasteiger partial charge in [0.2, 0.25) is 5.60 Å². The number of benzene rings is 2. The second-order valence-corrected chi connectivity index (χ2v) is 7.03. The summed E-state index contributed by atoms with van der Waals surface area (Å²) in [5.74, 6) is -2.32. The quantitative estimate of drug-likeness (QED) is 0.380. The zero-order valence-corrected chi connectivity index (χ0v) is 17.8. The number of halogens is 1. The van der Waals surface area contributed by atoms with E-state index < -0.39 is 42.7 Å². The topological polar surface area (TPSA) is 52.6 Å². The minimum absolute atomic E-state index is 0.0386. The molecule has 156 valence electrons. The smallest absolute Gasteiger partial charge is 0.350 e. The first kappa shape index (κ1) is 13.8. The molecule has 0 amide bonds. The maximum Gasteiger partial charge on any atom is 0.350 e. The van der Waals surface area contributed by atoms with E-state index in [2.05, 4.69) is 0 Å². The molecule has 0 aromatic heterocycles. The van der Waals surface area contributed by atoms with Gasteiger partial charge in [-0.3, -0.25) is 4.79 Å². The van der Waals surface area contributed by atoms with Crippen LogP contribution in [0.4, 0.5) is 0 Å². The van der Waals surface area contributed by atoms with E-state index in [0.29, 0.717) is 6.42 Å². The summed E-state index contributed by atoms with van der Waals surface area (Å²) >= 11 is 5.99. The first-order valence-corrected chi connectivity index (χ1v) is 9.50. The van der Waals surface area contributed by atoms with Crippen molar-refractivity contribution in [3.8, 4) is 5.75 Å². The number of aryl methyl sites for hydroxylation is 1. The lowest BCUT2D eigenvalue weighted by Gasteiger charge is -2.29. The van der Waals surface area contributed by atoms with Crippen LogP contribution in [-0.2, 0) is 9.53 Å². The molecule has 5 heteroatoms. The van der Waals surface area contributed by atoms with Crippen molar-refractivity contribution in [1.82, 2.24) is 0 Å². The Labute approximate surface area is 189 Å². The highest BCUT2D eigenvalue weighted by Crippen LogP contribution is 2.27. The van der Waals surface area contributed by atoms with Crippen LogP contribution in [0.15, 0.2) is 36.3 Å². The van der Waals surface area contributed by atoms with Crippen molar-refractivity contribution in [3.63, 3.8) is 0 Å². The van der Waals surface area contributed by atoms with E-state index in [-0.39, 0.29) is 45.1 Å². The summed E-state index contributed by atoms with van der Waals surface area (Å²) in [7, 11) is 0. The van der Waals surface area contributed by atoms with Crippen molar-refractivity contribution in [2.75, 3.05) is 0 Å². The maximum absolute atomic E-state index is 13.3. The van der Waals surface area contributed by atoms with E-state index in [4.69, 9.17) is 32.0 Å². The van der Waals surface area contributed by atoms with Crippen molar-refractivity contribution in [3.05, 3.63) is 63.6 Å². The Balaban J connectivity index is 2.62. The van der Waals surface area contributed by atoms with E-state index in [0.717, 1.165) is 6.92 Å². The molecule has 0 heterocycles. The van der Waals surface area contributed by atoms with Crippen LogP contribution in [0.2, 0.25) is 5.02 Å². The lowest BCUT2D eigenvalue weighted by molar-refractivity contribution is -0.166. The molecule has 2 unspecified atom stereocenters. The van der Waals surface area contributed by atoms with Gasteiger partial charge in [-0.15, -0.1) is 0 Å². The molecule has 4 nitrogen and oxygen atoms in total. The Kier molecular flexibility index (Phi) is 4.50. The van der Waals surface area contributed by atoms with Gasteiger partial charge in [-0.1, -0.05) is 25.4 Å². The molecule has 0 saturated carbocycles. The molecule has 0 fully saturated rings. The minimum atomic E-state index is -3.27. The van der Waals surface area contributed by atoms with Crippen LogP contribution in [0.1, 0.15) is 78.4 Å². The minimum Gasteiger partial charge on any atom is -0.476 e. The van der Waals surface area contributed by atoms with Gasteiger partial charge in [0.05, 0.1) is 10.2 Å². The van der Waals surface area contributed by atoms with Crippen LogP contribution in [0.3, 0.4) is 0 Å².